The summed E-state index contributed by atoms with van der Waals surface area (Å²) in [6.45, 7) is 0. The molecule has 0 saturated heterocycles. The smallest absolute Gasteiger partial charge is 0.242 e. The van der Waals surface area contributed by atoms with Gasteiger partial charge in [-0.1, -0.05) is 12.8 Å². The zero-order valence-electron chi connectivity index (χ0n) is 9.54. The van der Waals surface area contributed by atoms with Crippen molar-refractivity contribution in [3.8, 4) is 0 Å². The fourth-order valence-corrected chi connectivity index (χ4v) is 3.36. The summed E-state index contributed by atoms with van der Waals surface area (Å²) < 4.78 is 26.7. The molecule has 1 aliphatic rings. The van der Waals surface area contributed by atoms with Crippen molar-refractivity contribution < 1.29 is 8.42 Å². The monoisotopic (exact) mass is 255 g/mol. The number of rotatable bonds is 3. The predicted molar refractivity (Wildman–Crippen MR) is 64.8 cm³/mol. The van der Waals surface area contributed by atoms with E-state index in [1.54, 1.807) is 12.3 Å². The molecule has 5 nitrogen and oxygen atoms in total. The molecule has 2 rings (SSSR count). The van der Waals surface area contributed by atoms with Crippen molar-refractivity contribution >= 4 is 10.0 Å². The van der Waals surface area contributed by atoms with E-state index in [2.05, 4.69) is 9.71 Å². The largest absolute Gasteiger partial charge is 0.326 e. The first kappa shape index (κ1) is 12.5. The summed E-state index contributed by atoms with van der Waals surface area (Å²) in [5, 5.41) is 0. The molecule has 17 heavy (non-hydrogen) atoms. The molecule has 1 aliphatic carbocycles. The second-order valence-corrected chi connectivity index (χ2v) is 6.08. The SMILES string of the molecule is N[C@@H]1CCCC[C@H]1NS(=O)(=O)c1cccnc1. The van der Waals surface area contributed by atoms with Crippen LogP contribution < -0.4 is 10.5 Å². The fourth-order valence-electron chi connectivity index (χ4n) is 2.08. The first-order valence-electron chi connectivity index (χ1n) is 5.77. The maximum Gasteiger partial charge on any atom is 0.242 e. The summed E-state index contributed by atoms with van der Waals surface area (Å²) in [5.74, 6) is 0. The number of nitrogens with zero attached hydrogens (tertiary/aromatic N) is 1. The highest BCUT2D eigenvalue weighted by Crippen LogP contribution is 2.19. The third-order valence-electron chi connectivity index (χ3n) is 3.07. The minimum absolute atomic E-state index is 0.0878. The van der Waals surface area contributed by atoms with Crippen molar-refractivity contribution in [1.29, 1.82) is 0 Å². The van der Waals surface area contributed by atoms with Gasteiger partial charge in [0.25, 0.3) is 0 Å². The molecule has 0 bridgehead atoms. The quantitative estimate of drug-likeness (QED) is 0.829. The number of hydrogen-bond donors (Lipinski definition) is 2. The van der Waals surface area contributed by atoms with Crippen LogP contribution in [-0.4, -0.2) is 25.5 Å². The summed E-state index contributed by atoms with van der Waals surface area (Å²) in [7, 11) is -3.49. The highest BCUT2D eigenvalue weighted by Gasteiger charge is 2.27. The van der Waals surface area contributed by atoms with Crippen LogP contribution in [0.3, 0.4) is 0 Å². The fraction of sp³-hybridized carbons (Fsp3) is 0.545. The highest BCUT2D eigenvalue weighted by molar-refractivity contribution is 7.89. The normalized spacial score (nSPS) is 25.7. The molecule has 0 amide bonds. The lowest BCUT2D eigenvalue weighted by Gasteiger charge is -2.28. The van der Waals surface area contributed by atoms with Gasteiger partial charge in [-0.25, -0.2) is 13.1 Å². The van der Waals surface area contributed by atoms with Gasteiger partial charge in [0.1, 0.15) is 4.90 Å². The summed E-state index contributed by atoms with van der Waals surface area (Å²) in [4.78, 5) is 4.01. The van der Waals surface area contributed by atoms with Crippen molar-refractivity contribution in [3.63, 3.8) is 0 Å². The summed E-state index contributed by atoms with van der Waals surface area (Å²) in [5.41, 5.74) is 5.92. The Kier molecular flexibility index (Phi) is 3.76. The molecule has 0 spiro atoms. The van der Waals surface area contributed by atoms with Gasteiger partial charge in [-0.2, -0.15) is 0 Å². The van der Waals surface area contributed by atoms with Crippen molar-refractivity contribution in [3.05, 3.63) is 24.5 Å². The number of nitrogens with two attached hydrogens (primary N) is 1. The third-order valence-corrected chi connectivity index (χ3v) is 4.55. The molecule has 1 fully saturated rings. The highest BCUT2D eigenvalue weighted by atomic mass is 32.2. The molecule has 1 aromatic rings. The van der Waals surface area contributed by atoms with Gasteiger partial charge in [0, 0.05) is 24.5 Å². The minimum Gasteiger partial charge on any atom is -0.326 e. The van der Waals surface area contributed by atoms with Crippen LogP contribution in [0.1, 0.15) is 25.7 Å². The van der Waals surface area contributed by atoms with E-state index in [1.807, 2.05) is 0 Å². The molecule has 1 aromatic heterocycles. The van der Waals surface area contributed by atoms with Crippen molar-refractivity contribution in [2.45, 2.75) is 42.7 Å². The van der Waals surface area contributed by atoms with E-state index >= 15 is 0 Å². The molecule has 1 heterocycles. The molecule has 0 unspecified atom stereocenters. The van der Waals surface area contributed by atoms with Gasteiger partial charge in [0.2, 0.25) is 10.0 Å². The summed E-state index contributed by atoms with van der Waals surface area (Å²) in [6.07, 6.45) is 6.67. The maximum absolute atomic E-state index is 12.0. The van der Waals surface area contributed by atoms with E-state index in [0.717, 1.165) is 25.7 Å². The molecule has 0 radical (unpaired) electrons. The van der Waals surface area contributed by atoms with Gasteiger partial charge in [0.15, 0.2) is 0 Å². The van der Waals surface area contributed by atoms with E-state index in [0.29, 0.717) is 0 Å². The minimum atomic E-state index is -3.49. The van der Waals surface area contributed by atoms with Gasteiger partial charge in [-0.05, 0) is 25.0 Å². The van der Waals surface area contributed by atoms with Gasteiger partial charge < -0.3 is 5.73 Å². The molecular formula is C11H17N3O2S. The molecular weight excluding hydrogens is 238 g/mol. The summed E-state index contributed by atoms with van der Waals surface area (Å²) in [6, 6.07) is 2.89. The van der Waals surface area contributed by atoms with Crippen molar-refractivity contribution in [2.75, 3.05) is 0 Å². The van der Waals surface area contributed by atoms with E-state index in [1.165, 1.54) is 12.3 Å². The summed E-state index contributed by atoms with van der Waals surface area (Å²) >= 11 is 0. The number of pyridine rings is 1. The Hall–Kier alpha value is -0.980. The van der Waals surface area contributed by atoms with Crippen LogP contribution in [0.15, 0.2) is 29.4 Å². The second-order valence-electron chi connectivity index (χ2n) is 4.36. The maximum atomic E-state index is 12.0. The van der Waals surface area contributed by atoms with Crippen LogP contribution in [0.5, 0.6) is 0 Å². The number of sulfonamides is 1. The predicted octanol–water partition coefficient (Wildman–Crippen LogP) is 0.630. The number of nitrogens with one attached hydrogen (secondary N) is 1. The average Bonchev–Trinajstić information content (AvgIpc) is 2.33. The Morgan fingerprint density at radius 2 is 2.12 bits per heavy atom. The molecule has 0 aromatic carbocycles. The zero-order chi connectivity index (χ0) is 12.3. The standard InChI is InChI=1S/C11H17N3O2S/c12-10-5-1-2-6-11(10)14-17(15,16)9-4-3-7-13-8-9/h3-4,7-8,10-11,14H,1-2,5-6,12H2/t10-,11-/m1/s1. The Balaban J connectivity index is 2.12. The average molecular weight is 255 g/mol. The molecule has 6 heteroatoms. The lowest BCUT2D eigenvalue weighted by atomic mass is 9.92. The van der Waals surface area contributed by atoms with E-state index in [-0.39, 0.29) is 17.0 Å². The van der Waals surface area contributed by atoms with Crippen molar-refractivity contribution in [1.82, 2.24) is 9.71 Å². The van der Waals surface area contributed by atoms with Crippen LogP contribution in [0.4, 0.5) is 0 Å². The lowest BCUT2D eigenvalue weighted by Crippen LogP contribution is -2.49. The molecule has 1 saturated carbocycles. The molecule has 94 valence electrons. The number of hydrogen-bond acceptors (Lipinski definition) is 4. The Bertz CT molecular complexity index is 461. The van der Waals surface area contributed by atoms with Crippen LogP contribution in [0, 0.1) is 0 Å². The van der Waals surface area contributed by atoms with Crippen molar-refractivity contribution in [2.24, 2.45) is 5.73 Å². The van der Waals surface area contributed by atoms with Crippen LogP contribution >= 0.6 is 0 Å². The molecule has 2 atom stereocenters. The lowest BCUT2D eigenvalue weighted by molar-refractivity contribution is 0.361. The van der Waals surface area contributed by atoms with Gasteiger partial charge in [-0.3, -0.25) is 4.98 Å². The second kappa shape index (κ2) is 5.12. The van der Waals surface area contributed by atoms with E-state index in [4.69, 9.17) is 5.73 Å². The Morgan fingerprint density at radius 1 is 1.35 bits per heavy atom. The van der Waals surface area contributed by atoms with Crippen LogP contribution in [0.25, 0.3) is 0 Å². The van der Waals surface area contributed by atoms with Gasteiger partial charge in [0.05, 0.1) is 0 Å². The topological polar surface area (TPSA) is 85.1 Å². The Labute approximate surface area is 101 Å². The van der Waals surface area contributed by atoms with E-state index < -0.39 is 10.0 Å². The van der Waals surface area contributed by atoms with E-state index in [9.17, 15) is 8.42 Å². The first-order chi connectivity index (χ1) is 8.09. The zero-order valence-corrected chi connectivity index (χ0v) is 10.4. The van der Waals surface area contributed by atoms with Crippen LogP contribution in [-0.2, 0) is 10.0 Å². The number of aromatic nitrogens is 1. The molecule has 3 N–H and O–H groups in total. The first-order valence-corrected chi connectivity index (χ1v) is 7.26. The Morgan fingerprint density at radius 3 is 2.76 bits per heavy atom. The van der Waals surface area contributed by atoms with Gasteiger partial charge >= 0.3 is 0 Å². The van der Waals surface area contributed by atoms with Crippen LogP contribution in [0.2, 0.25) is 0 Å². The molecule has 0 aliphatic heterocycles. The third kappa shape index (κ3) is 3.02. The van der Waals surface area contributed by atoms with Gasteiger partial charge in [-0.15, -0.1) is 0 Å².